The molecule has 1 heterocycles. The Morgan fingerprint density at radius 2 is 2.05 bits per heavy atom. The molecule has 1 aliphatic heterocycles. The highest BCUT2D eigenvalue weighted by Gasteiger charge is 2.36. The highest BCUT2D eigenvalue weighted by molar-refractivity contribution is 5.97. The molecule has 0 bridgehead atoms. The molecule has 0 saturated carbocycles. The summed E-state index contributed by atoms with van der Waals surface area (Å²) in [7, 11) is 0. The summed E-state index contributed by atoms with van der Waals surface area (Å²) < 4.78 is 5.37. The molecule has 22 heavy (non-hydrogen) atoms. The SMILES string of the molecule is CCOc1ccc(NC(=O)C2CC(=O)N(C(C)CC)C2)cc1. The van der Waals surface area contributed by atoms with E-state index < -0.39 is 0 Å². The Balaban J connectivity index is 1.94. The van der Waals surface area contributed by atoms with E-state index in [0.717, 1.165) is 17.9 Å². The lowest BCUT2D eigenvalue weighted by Crippen LogP contribution is -2.35. The van der Waals surface area contributed by atoms with Gasteiger partial charge >= 0.3 is 0 Å². The molecule has 0 aliphatic carbocycles. The van der Waals surface area contributed by atoms with Crippen LogP contribution in [0.15, 0.2) is 24.3 Å². The molecule has 2 rings (SSSR count). The highest BCUT2D eigenvalue weighted by Crippen LogP contribution is 2.23. The van der Waals surface area contributed by atoms with E-state index in [4.69, 9.17) is 4.74 Å². The van der Waals surface area contributed by atoms with E-state index in [2.05, 4.69) is 5.32 Å². The molecule has 1 aliphatic rings. The molecular formula is C17H24N2O3. The molecule has 2 unspecified atom stereocenters. The van der Waals surface area contributed by atoms with Crippen molar-refractivity contribution in [3.8, 4) is 5.75 Å². The molecule has 2 amide bonds. The number of nitrogens with one attached hydrogen (secondary N) is 1. The molecule has 0 aromatic heterocycles. The molecule has 2 atom stereocenters. The zero-order valence-corrected chi connectivity index (χ0v) is 13.5. The molecule has 5 heteroatoms. The number of anilines is 1. The number of amides is 2. The van der Waals surface area contributed by atoms with E-state index in [1.54, 1.807) is 0 Å². The predicted octanol–water partition coefficient (Wildman–Crippen LogP) is 2.67. The van der Waals surface area contributed by atoms with Crippen LogP contribution in [0.2, 0.25) is 0 Å². The van der Waals surface area contributed by atoms with Crippen molar-refractivity contribution in [3.63, 3.8) is 0 Å². The lowest BCUT2D eigenvalue weighted by Gasteiger charge is -2.23. The van der Waals surface area contributed by atoms with Crippen LogP contribution in [0.25, 0.3) is 0 Å². The van der Waals surface area contributed by atoms with Gasteiger partial charge in [0.05, 0.1) is 12.5 Å². The van der Waals surface area contributed by atoms with Crippen molar-refractivity contribution in [1.82, 2.24) is 4.90 Å². The first kappa shape index (κ1) is 16.3. The van der Waals surface area contributed by atoms with Crippen molar-refractivity contribution in [3.05, 3.63) is 24.3 Å². The van der Waals surface area contributed by atoms with Gasteiger partial charge in [0.25, 0.3) is 0 Å². The van der Waals surface area contributed by atoms with E-state index in [1.165, 1.54) is 0 Å². The van der Waals surface area contributed by atoms with Crippen molar-refractivity contribution in [2.45, 2.75) is 39.7 Å². The van der Waals surface area contributed by atoms with Gasteiger partial charge in [-0.2, -0.15) is 0 Å². The average molecular weight is 304 g/mol. The number of likely N-dealkylation sites (tertiary alicyclic amines) is 1. The van der Waals surface area contributed by atoms with Gasteiger partial charge in [0.2, 0.25) is 11.8 Å². The smallest absolute Gasteiger partial charge is 0.229 e. The zero-order valence-electron chi connectivity index (χ0n) is 13.5. The number of hydrogen-bond acceptors (Lipinski definition) is 3. The van der Waals surface area contributed by atoms with Crippen LogP contribution in [-0.2, 0) is 9.59 Å². The molecule has 1 N–H and O–H groups in total. The minimum atomic E-state index is -0.270. The Morgan fingerprint density at radius 3 is 2.64 bits per heavy atom. The third-order valence-electron chi connectivity index (χ3n) is 4.08. The summed E-state index contributed by atoms with van der Waals surface area (Å²) >= 11 is 0. The summed E-state index contributed by atoms with van der Waals surface area (Å²) in [6.45, 7) is 7.11. The standard InChI is InChI=1S/C17H24N2O3/c1-4-12(3)19-11-13(10-16(19)20)17(21)18-14-6-8-15(9-7-14)22-5-2/h6-9,12-13H,4-5,10-11H2,1-3H3,(H,18,21). The van der Waals surface area contributed by atoms with E-state index in [1.807, 2.05) is 49.9 Å². The summed E-state index contributed by atoms with van der Waals surface area (Å²) in [6.07, 6.45) is 1.20. The maximum atomic E-state index is 12.3. The molecule has 1 fully saturated rings. The predicted molar refractivity (Wildman–Crippen MR) is 85.8 cm³/mol. The molecule has 5 nitrogen and oxygen atoms in total. The summed E-state index contributed by atoms with van der Waals surface area (Å²) in [5, 5.41) is 2.88. The average Bonchev–Trinajstić information content (AvgIpc) is 2.91. The zero-order chi connectivity index (χ0) is 16.1. The Hall–Kier alpha value is -2.04. The van der Waals surface area contributed by atoms with E-state index in [-0.39, 0.29) is 23.8 Å². The first-order valence-electron chi connectivity index (χ1n) is 7.88. The van der Waals surface area contributed by atoms with E-state index in [0.29, 0.717) is 19.6 Å². The van der Waals surface area contributed by atoms with Crippen LogP contribution in [-0.4, -0.2) is 35.9 Å². The maximum Gasteiger partial charge on any atom is 0.229 e. The summed E-state index contributed by atoms with van der Waals surface area (Å²) in [4.78, 5) is 26.1. The van der Waals surface area contributed by atoms with Gasteiger partial charge in [0, 0.05) is 24.7 Å². The topological polar surface area (TPSA) is 58.6 Å². The fourth-order valence-corrected chi connectivity index (χ4v) is 2.60. The number of hydrogen-bond donors (Lipinski definition) is 1. The number of carbonyl (C=O) groups excluding carboxylic acids is 2. The van der Waals surface area contributed by atoms with E-state index >= 15 is 0 Å². The van der Waals surface area contributed by atoms with Crippen LogP contribution in [0.1, 0.15) is 33.6 Å². The van der Waals surface area contributed by atoms with Crippen LogP contribution in [0.5, 0.6) is 5.75 Å². The van der Waals surface area contributed by atoms with Gasteiger partial charge in [-0.15, -0.1) is 0 Å². The molecule has 0 radical (unpaired) electrons. The van der Waals surface area contributed by atoms with Gasteiger partial charge in [0.1, 0.15) is 5.75 Å². The molecule has 1 aromatic rings. The molecule has 1 saturated heterocycles. The number of carbonyl (C=O) groups is 2. The maximum absolute atomic E-state index is 12.3. The highest BCUT2D eigenvalue weighted by atomic mass is 16.5. The second-order valence-corrected chi connectivity index (χ2v) is 5.65. The van der Waals surface area contributed by atoms with Crippen LogP contribution in [0.3, 0.4) is 0 Å². The number of ether oxygens (including phenoxy) is 1. The first-order chi connectivity index (χ1) is 10.5. The number of nitrogens with zero attached hydrogens (tertiary/aromatic N) is 1. The quantitative estimate of drug-likeness (QED) is 0.879. The molecule has 120 valence electrons. The second kappa shape index (κ2) is 7.29. The van der Waals surface area contributed by atoms with Gasteiger partial charge in [-0.3, -0.25) is 9.59 Å². The van der Waals surface area contributed by atoms with Gasteiger partial charge in [0.15, 0.2) is 0 Å². The van der Waals surface area contributed by atoms with Gasteiger partial charge < -0.3 is 15.0 Å². The third kappa shape index (κ3) is 3.78. The molecular weight excluding hydrogens is 280 g/mol. The Morgan fingerprint density at radius 1 is 1.36 bits per heavy atom. The van der Waals surface area contributed by atoms with Crippen molar-refractivity contribution in [1.29, 1.82) is 0 Å². The fraction of sp³-hybridized carbons (Fsp3) is 0.529. The lowest BCUT2D eigenvalue weighted by molar-refractivity contribution is -0.129. The van der Waals surface area contributed by atoms with E-state index in [9.17, 15) is 9.59 Å². The van der Waals surface area contributed by atoms with Crippen molar-refractivity contribution >= 4 is 17.5 Å². The van der Waals surface area contributed by atoms with Crippen molar-refractivity contribution < 1.29 is 14.3 Å². The lowest BCUT2D eigenvalue weighted by atomic mass is 10.1. The minimum absolute atomic E-state index is 0.0705. The number of rotatable bonds is 6. The Bertz CT molecular complexity index is 527. The first-order valence-corrected chi connectivity index (χ1v) is 7.88. The van der Waals surface area contributed by atoms with Crippen molar-refractivity contribution in [2.24, 2.45) is 5.92 Å². The van der Waals surface area contributed by atoms with Crippen LogP contribution < -0.4 is 10.1 Å². The Kier molecular flexibility index (Phi) is 5.41. The second-order valence-electron chi connectivity index (χ2n) is 5.65. The summed E-state index contributed by atoms with van der Waals surface area (Å²) in [5.41, 5.74) is 0.725. The van der Waals surface area contributed by atoms with Gasteiger partial charge in [-0.25, -0.2) is 0 Å². The molecule has 0 spiro atoms. The fourth-order valence-electron chi connectivity index (χ4n) is 2.60. The van der Waals surface area contributed by atoms with Crippen LogP contribution in [0, 0.1) is 5.92 Å². The van der Waals surface area contributed by atoms with Crippen molar-refractivity contribution in [2.75, 3.05) is 18.5 Å². The third-order valence-corrected chi connectivity index (χ3v) is 4.08. The number of benzene rings is 1. The van der Waals surface area contributed by atoms with Gasteiger partial charge in [-0.05, 0) is 44.5 Å². The minimum Gasteiger partial charge on any atom is -0.494 e. The monoisotopic (exact) mass is 304 g/mol. The van der Waals surface area contributed by atoms with Crippen LogP contribution in [0.4, 0.5) is 5.69 Å². The summed E-state index contributed by atoms with van der Waals surface area (Å²) in [6, 6.07) is 7.46. The normalized spacial score (nSPS) is 19.1. The summed E-state index contributed by atoms with van der Waals surface area (Å²) in [5.74, 6) is 0.483. The van der Waals surface area contributed by atoms with Gasteiger partial charge in [-0.1, -0.05) is 6.92 Å². The Labute approximate surface area is 131 Å². The van der Waals surface area contributed by atoms with Crippen LogP contribution >= 0.6 is 0 Å². The molecule has 1 aromatic carbocycles. The largest absolute Gasteiger partial charge is 0.494 e.